The molecule has 1 unspecified atom stereocenters. The predicted octanol–water partition coefficient (Wildman–Crippen LogP) is 1.59. The Balaban J connectivity index is 2.13. The molecule has 106 valence electrons. The van der Waals surface area contributed by atoms with Gasteiger partial charge in [0.25, 0.3) is 0 Å². The number of carbonyl (C=O) groups is 1. The van der Waals surface area contributed by atoms with Crippen molar-refractivity contribution >= 4 is 11.6 Å². The Morgan fingerprint density at radius 2 is 2.20 bits per heavy atom. The molecule has 0 bridgehead atoms. The molecule has 0 spiro atoms. The lowest BCUT2D eigenvalue weighted by Crippen LogP contribution is -2.24. The van der Waals surface area contributed by atoms with Gasteiger partial charge in [0.05, 0.1) is 12.8 Å². The van der Waals surface area contributed by atoms with Gasteiger partial charge in [0, 0.05) is 5.69 Å². The summed E-state index contributed by atoms with van der Waals surface area (Å²) in [5, 5.41) is 19.4. The molecule has 1 atom stereocenters. The third-order valence-electron chi connectivity index (χ3n) is 3.36. The third kappa shape index (κ3) is 2.85. The summed E-state index contributed by atoms with van der Waals surface area (Å²) in [6, 6.07) is 5.28. The first-order valence-electron chi connectivity index (χ1n) is 6.41. The van der Waals surface area contributed by atoms with E-state index in [0.29, 0.717) is 5.69 Å². The number of amides is 1. The summed E-state index contributed by atoms with van der Waals surface area (Å²) in [6.07, 6.45) is 1.56. The fraction of sp³-hybridized carbons (Fsp3) is 0.357. The lowest BCUT2D eigenvalue weighted by atomic mass is 10.1. The summed E-state index contributed by atoms with van der Waals surface area (Å²) in [4.78, 5) is 12.2. The fourth-order valence-electron chi connectivity index (χ4n) is 1.82. The number of hydrogen-bond donors (Lipinski definition) is 2. The molecule has 1 aromatic carbocycles. The van der Waals surface area contributed by atoms with E-state index in [2.05, 4.69) is 15.6 Å². The number of carbonyl (C=O) groups excluding carboxylic acids is 1. The smallest absolute Gasteiger partial charge is 0.249 e. The van der Waals surface area contributed by atoms with Gasteiger partial charge >= 0.3 is 0 Å². The van der Waals surface area contributed by atoms with Gasteiger partial charge in [-0.2, -0.15) is 0 Å². The molecule has 2 aromatic rings. The SMILES string of the molecule is Cc1cccc(NC(=O)C(C)n2cc(CO)nn2)c1C. The number of rotatable bonds is 4. The van der Waals surface area contributed by atoms with E-state index in [1.165, 1.54) is 4.68 Å². The Hall–Kier alpha value is -2.21. The molecular weight excluding hydrogens is 256 g/mol. The molecule has 6 nitrogen and oxygen atoms in total. The monoisotopic (exact) mass is 274 g/mol. The number of aliphatic hydroxyl groups excluding tert-OH is 1. The van der Waals surface area contributed by atoms with Crippen LogP contribution < -0.4 is 5.32 Å². The summed E-state index contributed by atoms with van der Waals surface area (Å²) in [7, 11) is 0. The van der Waals surface area contributed by atoms with Gasteiger partial charge < -0.3 is 10.4 Å². The van der Waals surface area contributed by atoms with Crippen LogP contribution in [0.4, 0.5) is 5.69 Å². The summed E-state index contributed by atoms with van der Waals surface area (Å²) in [5.74, 6) is -0.173. The molecule has 0 radical (unpaired) electrons. The maximum absolute atomic E-state index is 12.2. The van der Waals surface area contributed by atoms with Crippen molar-refractivity contribution in [2.75, 3.05) is 5.32 Å². The number of aromatic nitrogens is 3. The molecule has 0 aliphatic heterocycles. The average Bonchev–Trinajstić information content (AvgIpc) is 2.91. The van der Waals surface area contributed by atoms with Gasteiger partial charge in [0.15, 0.2) is 0 Å². The molecule has 0 aliphatic rings. The van der Waals surface area contributed by atoms with Crippen LogP contribution in [0.25, 0.3) is 0 Å². The Morgan fingerprint density at radius 3 is 2.85 bits per heavy atom. The van der Waals surface area contributed by atoms with Crippen LogP contribution in [-0.4, -0.2) is 26.0 Å². The van der Waals surface area contributed by atoms with Crippen molar-refractivity contribution < 1.29 is 9.90 Å². The van der Waals surface area contributed by atoms with Crippen LogP contribution in [0.15, 0.2) is 24.4 Å². The molecule has 1 amide bonds. The summed E-state index contributed by atoms with van der Waals surface area (Å²) in [5.41, 5.74) is 3.40. The van der Waals surface area contributed by atoms with E-state index >= 15 is 0 Å². The van der Waals surface area contributed by atoms with Gasteiger partial charge in [-0.1, -0.05) is 17.3 Å². The van der Waals surface area contributed by atoms with Gasteiger partial charge in [0.2, 0.25) is 5.91 Å². The van der Waals surface area contributed by atoms with Gasteiger partial charge in [0.1, 0.15) is 11.7 Å². The van der Waals surface area contributed by atoms with E-state index in [4.69, 9.17) is 5.11 Å². The first kappa shape index (κ1) is 14.2. The maximum atomic E-state index is 12.2. The van der Waals surface area contributed by atoms with E-state index in [1.807, 2.05) is 32.0 Å². The second-order valence-corrected chi connectivity index (χ2v) is 4.76. The number of nitrogens with zero attached hydrogens (tertiary/aromatic N) is 3. The van der Waals surface area contributed by atoms with E-state index in [0.717, 1.165) is 16.8 Å². The largest absolute Gasteiger partial charge is 0.390 e. The minimum Gasteiger partial charge on any atom is -0.390 e. The highest BCUT2D eigenvalue weighted by Crippen LogP contribution is 2.19. The average molecular weight is 274 g/mol. The molecule has 0 saturated heterocycles. The molecule has 6 heteroatoms. The zero-order valence-electron chi connectivity index (χ0n) is 11.8. The molecule has 20 heavy (non-hydrogen) atoms. The molecule has 0 aliphatic carbocycles. The first-order valence-corrected chi connectivity index (χ1v) is 6.41. The third-order valence-corrected chi connectivity index (χ3v) is 3.36. The Bertz CT molecular complexity index is 621. The molecule has 0 fully saturated rings. The minimum atomic E-state index is -0.497. The highest BCUT2D eigenvalue weighted by atomic mass is 16.3. The lowest BCUT2D eigenvalue weighted by molar-refractivity contribution is -0.119. The van der Waals surface area contributed by atoms with Gasteiger partial charge in [-0.25, -0.2) is 4.68 Å². The molecule has 2 rings (SSSR count). The molecular formula is C14H18N4O2. The molecule has 2 N–H and O–H groups in total. The van der Waals surface area contributed by atoms with Crippen molar-refractivity contribution in [1.82, 2.24) is 15.0 Å². The number of anilines is 1. The summed E-state index contributed by atoms with van der Waals surface area (Å²) in [6.45, 7) is 5.51. The molecule has 0 saturated carbocycles. The van der Waals surface area contributed by atoms with Crippen LogP contribution in [0.5, 0.6) is 0 Å². The molecule has 1 heterocycles. The fourth-order valence-corrected chi connectivity index (χ4v) is 1.82. The summed E-state index contributed by atoms with van der Waals surface area (Å²) >= 11 is 0. The minimum absolute atomic E-state index is 0.173. The van der Waals surface area contributed by atoms with Crippen LogP contribution in [0.1, 0.15) is 29.8 Å². The number of nitrogens with one attached hydrogen (secondary N) is 1. The molecule has 1 aromatic heterocycles. The van der Waals surface area contributed by atoms with E-state index < -0.39 is 6.04 Å². The van der Waals surface area contributed by atoms with Crippen LogP contribution in [0.3, 0.4) is 0 Å². The van der Waals surface area contributed by atoms with Crippen molar-refractivity contribution in [1.29, 1.82) is 0 Å². The van der Waals surface area contributed by atoms with Gasteiger partial charge in [-0.05, 0) is 38.0 Å². The number of hydrogen-bond acceptors (Lipinski definition) is 4. The zero-order valence-corrected chi connectivity index (χ0v) is 11.8. The number of aryl methyl sites for hydroxylation is 1. The normalized spacial score (nSPS) is 12.2. The van der Waals surface area contributed by atoms with Crippen LogP contribution >= 0.6 is 0 Å². The van der Waals surface area contributed by atoms with Crippen molar-refractivity contribution in [2.45, 2.75) is 33.4 Å². The highest BCUT2D eigenvalue weighted by molar-refractivity contribution is 5.94. The second kappa shape index (κ2) is 5.83. The van der Waals surface area contributed by atoms with Crippen LogP contribution in [0.2, 0.25) is 0 Å². The topological polar surface area (TPSA) is 80.0 Å². The van der Waals surface area contributed by atoms with Gasteiger partial charge in [-0.15, -0.1) is 5.10 Å². The quantitative estimate of drug-likeness (QED) is 0.887. The Labute approximate surface area is 117 Å². The van der Waals surface area contributed by atoms with E-state index in [1.54, 1.807) is 13.1 Å². The van der Waals surface area contributed by atoms with Crippen molar-refractivity contribution in [3.63, 3.8) is 0 Å². The Morgan fingerprint density at radius 1 is 1.45 bits per heavy atom. The number of benzene rings is 1. The predicted molar refractivity (Wildman–Crippen MR) is 75.2 cm³/mol. The van der Waals surface area contributed by atoms with Crippen LogP contribution in [0, 0.1) is 13.8 Å². The number of aliphatic hydroxyl groups is 1. The highest BCUT2D eigenvalue weighted by Gasteiger charge is 2.17. The maximum Gasteiger partial charge on any atom is 0.249 e. The van der Waals surface area contributed by atoms with Gasteiger partial charge in [-0.3, -0.25) is 4.79 Å². The van der Waals surface area contributed by atoms with Crippen molar-refractivity contribution in [3.05, 3.63) is 41.2 Å². The van der Waals surface area contributed by atoms with Crippen molar-refractivity contribution in [3.8, 4) is 0 Å². The van der Waals surface area contributed by atoms with Crippen LogP contribution in [-0.2, 0) is 11.4 Å². The summed E-state index contributed by atoms with van der Waals surface area (Å²) < 4.78 is 1.44. The standard InChI is InChI=1S/C14H18N4O2/c1-9-5-4-6-13(10(9)2)15-14(20)11(3)18-7-12(8-19)16-17-18/h4-7,11,19H,8H2,1-3H3,(H,15,20). The zero-order chi connectivity index (χ0) is 14.7. The van der Waals surface area contributed by atoms with Crippen molar-refractivity contribution in [2.24, 2.45) is 0 Å². The van der Waals surface area contributed by atoms with E-state index in [9.17, 15) is 4.79 Å². The van der Waals surface area contributed by atoms with E-state index in [-0.39, 0.29) is 12.5 Å². The Kier molecular flexibility index (Phi) is 4.14. The lowest BCUT2D eigenvalue weighted by Gasteiger charge is -2.14. The first-order chi connectivity index (χ1) is 9.52. The second-order valence-electron chi connectivity index (χ2n) is 4.76.